The average Bonchev–Trinajstić information content (AvgIpc) is 3.27. The summed E-state index contributed by atoms with van der Waals surface area (Å²) in [7, 11) is 1.79. The fourth-order valence-corrected chi connectivity index (χ4v) is 4.26. The molecule has 0 aliphatic carbocycles. The van der Waals surface area contributed by atoms with E-state index in [0.29, 0.717) is 17.5 Å². The fourth-order valence-electron chi connectivity index (χ4n) is 3.44. The molecule has 0 saturated heterocycles. The Kier molecular flexibility index (Phi) is 6.09. The summed E-state index contributed by atoms with van der Waals surface area (Å²) in [6.45, 7) is 6.11. The quantitative estimate of drug-likeness (QED) is 0.416. The molecular weight excluding hydrogens is 426 g/mol. The zero-order chi connectivity index (χ0) is 22.8. The van der Waals surface area contributed by atoms with Gasteiger partial charge in [-0.15, -0.1) is 0 Å². The number of carbonyl (C=O) groups excluding carboxylic acids is 1. The number of benzene rings is 2. The van der Waals surface area contributed by atoms with Gasteiger partial charge in [-0.3, -0.25) is 14.3 Å². The molecule has 0 fully saturated rings. The van der Waals surface area contributed by atoms with Gasteiger partial charge < -0.3 is 15.0 Å². The van der Waals surface area contributed by atoms with Crippen molar-refractivity contribution in [2.24, 2.45) is 7.05 Å². The van der Waals surface area contributed by atoms with Gasteiger partial charge in [0.2, 0.25) is 5.91 Å². The minimum atomic E-state index is -0.467. The predicted molar refractivity (Wildman–Crippen MR) is 127 cm³/mol. The van der Waals surface area contributed by atoms with Crippen molar-refractivity contribution in [2.75, 3.05) is 11.9 Å². The molecule has 0 bridgehead atoms. The van der Waals surface area contributed by atoms with E-state index in [9.17, 15) is 9.59 Å². The molecule has 0 saturated carbocycles. The first-order chi connectivity index (χ1) is 15.4. The normalized spacial score (nSPS) is 12.1. The first-order valence-electron chi connectivity index (χ1n) is 10.3. The van der Waals surface area contributed by atoms with Crippen LogP contribution in [0.5, 0.6) is 5.75 Å². The van der Waals surface area contributed by atoms with E-state index in [0.717, 1.165) is 22.5 Å². The maximum absolute atomic E-state index is 13.0. The summed E-state index contributed by atoms with van der Waals surface area (Å²) in [5, 5.41) is 2.97. The lowest BCUT2D eigenvalue weighted by Gasteiger charge is -2.09. The number of nitrogens with one attached hydrogen (secondary N) is 2. The van der Waals surface area contributed by atoms with Crippen LogP contribution in [0.4, 0.5) is 5.69 Å². The van der Waals surface area contributed by atoms with E-state index in [-0.39, 0.29) is 17.2 Å². The smallest absolute Gasteiger partial charge is 0.295 e. The van der Waals surface area contributed by atoms with Gasteiger partial charge in [0.25, 0.3) is 5.56 Å². The lowest BCUT2D eigenvalue weighted by atomic mass is 10.3. The highest BCUT2D eigenvalue weighted by atomic mass is 32.2. The molecule has 166 valence electrons. The zero-order valence-electron chi connectivity index (χ0n) is 18.4. The van der Waals surface area contributed by atoms with E-state index in [1.165, 1.54) is 16.4 Å². The molecule has 1 amide bonds. The number of rotatable bonds is 7. The van der Waals surface area contributed by atoms with Crippen molar-refractivity contribution in [3.05, 3.63) is 64.6 Å². The van der Waals surface area contributed by atoms with Crippen LogP contribution in [0, 0.1) is 6.92 Å². The van der Waals surface area contributed by atoms with Crippen molar-refractivity contribution in [1.29, 1.82) is 0 Å². The van der Waals surface area contributed by atoms with E-state index >= 15 is 0 Å². The monoisotopic (exact) mass is 451 g/mol. The lowest BCUT2D eigenvalue weighted by molar-refractivity contribution is -0.115. The number of hydrogen-bond donors (Lipinski definition) is 2. The second-order valence-corrected chi connectivity index (χ2v) is 8.67. The Bertz CT molecular complexity index is 1320. The number of anilines is 1. The topological polar surface area (TPSA) is 93.9 Å². The zero-order valence-corrected chi connectivity index (χ0v) is 19.2. The second-order valence-electron chi connectivity index (χ2n) is 7.34. The van der Waals surface area contributed by atoms with Crippen LogP contribution in [0.2, 0.25) is 0 Å². The molecule has 32 heavy (non-hydrogen) atoms. The Morgan fingerprint density at radius 1 is 1.25 bits per heavy atom. The highest BCUT2D eigenvalue weighted by Crippen LogP contribution is 2.26. The minimum absolute atomic E-state index is 0.267. The van der Waals surface area contributed by atoms with Gasteiger partial charge in [0.05, 0.1) is 34.3 Å². The van der Waals surface area contributed by atoms with Crippen molar-refractivity contribution in [3.63, 3.8) is 0 Å². The van der Waals surface area contributed by atoms with Gasteiger partial charge in [-0.2, -0.15) is 0 Å². The number of carbonyl (C=O) groups is 1. The highest BCUT2D eigenvalue weighted by Gasteiger charge is 2.22. The molecule has 4 aromatic rings. The van der Waals surface area contributed by atoms with E-state index in [1.54, 1.807) is 18.7 Å². The summed E-state index contributed by atoms with van der Waals surface area (Å²) in [6.07, 6.45) is 0. The van der Waals surface area contributed by atoms with Crippen LogP contribution in [0.3, 0.4) is 0 Å². The number of para-hydroxylation sites is 1. The van der Waals surface area contributed by atoms with E-state index in [4.69, 9.17) is 4.74 Å². The number of ether oxygens (including phenoxy) is 1. The summed E-state index contributed by atoms with van der Waals surface area (Å²) >= 11 is 1.30. The van der Waals surface area contributed by atoms with Crippen LogP contribution < -0.4 is 15.6 Å². The van der Waals surface area contributed by atoms with Gasteiger partial charge in [-0.25, -0.2) is 9.67 Å². The number of hydrogen-bond acceptors (Lipinski definition) is 5. The third-order valence-electron chi connectivity index (χ3n) is 5.20. The van der Waals surface area contributed by atoms with Crippen LogP contribution in [0.1, 0.15) is 19.5 Å². The molecule has 0 radical (unpaired) electrons. The molecule has 8 nitrogen and oxygen atoms in total. The molecule has 0 spiro atoms. The van der Waals surface area contributed by atoms with Crippen LogP contribution in [0.15, 0.2) is 58.5 Å². The first-order valence-corrected chi connectivity index (χ1v) is 11.2. The number of thioether (sulfide) groups is 1. The van der Waals surface area contributed by atoms with Crippen LogP contribution in [-0.4, -0.2) is 37.1 Å². The lowest BCUT2D eigenvalue weighted by Crippen LogP contribution is -2.27. The number of fused-ring (bicyclic) bond motifs is 1. The van der Waals surface area contributed by atoms with Crippen LogP contribution in [0.25, 0.3) is 16.7 Å². The highest BCUT2D eigenvalue weighted by molar-refractivity contribution is 8.00. The third-order valence-corrected chi connectivity index (χ3v) is 6.19. The number of amides is 1. The largest absolute Gasteiger partial charge is 0.494 e. The molecule has 9 heteroatoms. The summed E-state index contributed by atoms with van der Waals surface area (Å²) < 4.78 is 8.80. The van der Waals surface area contributed by atoms with Crippen molar-refractivity contribution in [1.82, 2.24) is 19.3 Å². The Hall–Kier alpha value is -3.46. The fraction of sp³-hybridized carbons (Fsp3) is 0.261. The molecule has 4 rings (SSSR count). The van der Waals surface area contributed by atoms with Gasteiger partial charge >= 0.3 is 0 Å². The molecule has 2 heterocycles. The van der Waals surface area contributed by atoms with Gasteiger partial charge in [0, 0.05) is 13.1 Å². The maximum Gasteiger partial charge on any atom is 0.295 e. The standard InChI is InChI=1S/C23H25N5O3S/c1-5-31-17-11-12-18-19(13-17)25-23(24-18)32-15(3)21(29)26-20-14(2)27(4)28(22(20)30)16-9-7-6-8-10-16/h6-13,15H,5H2,1-4H3,(H,24,25)(H,26,29). The van der Waals surface area contributed by atoms with Crippen molar-refractivity contribution in [2.45, 2.75) is 31.2 Å². The molecule has 0 aliphatic rings. The number of nitrogens with zero attached hydrogens (tertiary/aromatic N) is 3. The van der Waals surface area contributed by atoms with Crippen LogP contribution >= 0.6 is 11.8 Å². The Morgan fingerprint density at radius 3 is 2.72 bits per heavy atom. The molecule has 1 atom stereocenters. The van der Waals surface area contributed by atoms with Gasteiger partial charge in [-0.1, -0.05) is 30.0 Å². The summed E-state index contributed by atoms with van der Waals surface area (Å²) in [6, 6.07) is 15.0. The number of aromatic nitrogens is 4. The number of H-pyrrole nitrogens is 1. The van der Waals surface area contributed by atoms with Gasteiger partial charge in [0.15, 0.2) is 5.16 Å². The first kappa shape index (κ1) is 21.8. The summed E-state index contributed by atoms with van der Waals surface area (Å²) in [5.74, 6) is 0.497. The van der Waals surface area contributed by atoms with Crippen LogP contribution in [-0.2, 0) is 11.8 Å². The van der Waals surface area contributed by atoms with Gasteiger partial charge in [-0.05, 0) is 45.0 Å². The molecular formula is C23H25N5O3S. The maximum atomic E-state index is 13.0. The third kappa shape index (κ3) is 4.16. The Balaban J connectivity index is 1.52. The van der Waals surface area contributed by atoms with Crippen molar-refractivity contribution >= 4 is 34.4 Å². The molecule has 2 aromatic heterocycles. The van der Waals surface area contributed by atoms with E-state index < -0.39 is 5.25 Å². The van der Waals surface area contributed by atoms with Crippen molar-refractivity contribution < 1.29 is 9.53 Å². The molecule has 2 aromatic carbocycles. The number of imidazole rings is 1. The summed E-state index contributed by atoms with van der Waals surface area (Å²) in [5.41, 5.74) is 3.06. The Labute approximate surface area is 189 Å². The SMILES string of the molecule is CCOc1ccc2nc(SC(C)C(=O)Nc3c(C)n(C)n(-c4ccccc4)c3=O)[nH]c2c1. The molecule has 2 N–H and O–H groups in total. The summed E-state index contributed by atoms with van der Waals surface area (Å²) in [4.78, 5) is 33.7. The predicted octanol–water partition coefficient (Wildman–Crippen LogP) is 3.88. The molecule has 0 aliphatic heterocycles. The van der Waals surface area contributed by atoms with E-state index in [1.807, 2.05) is 62.4 Å². The Morgan fingerprint density at radius 2 is 2.00 bits per heavy atom. The average molecular weight is 452 g/mol. The van der Waals surface area contributed by atoms with Gasteiger partial charge in [0.1, 0.15) is 11.4 Å². The minimum Gasteiger partial charge on any atom is -0.494 e. The molecule has 1 unspecified atom stereocenters. The number of aromatic amines is 1. The van der Waals surface area contributed by atoms with Crippen molar-refractivity contribution in [3.8, 4) is 11.4 Å². The van der Waals surface area contributed by atoms with E-state index in [2.05, 4.69) is 15.3 Å². The second kappa shape index (κ2) is 8.96.